The summed E-state index contributed by atoms with van der Waals surface area (Å²) in [5.74, 6) is 1.61. The normalized spacial score (nSPS) is 17.4. The number of methoxy groups -OCH3 is 1. The van der Waals surface area contributed by atoms with Crippen LogP contribution in [0.5, 0.6) is 5.75 Å². The molecule has 3 aromatic rings. The van der Waals surface area contributed by atoms with Gasteiger partial charge in [-0.1, -0.05) is 29.8 Å². The summed E-state index contributed by atoms with van der Waals surface area (Å²) in [6, 6.07) is 15.2. The highest BCUT2D eigenvalue weighted by molar-refractivity contribution is 5.59. The van der Waals surface area contributed by atoms with E-state index >= 15 is 0 Å². The fraction of sp³-hybridized carbons (Fsp3) is 0.348. The fourth-order valence-corrected chi connectivity index (χ4v) is 3.98. The third kappa shape index (κ3) is 3.76. The van der Waals surface area contributed by atoms with Gasteiger partial charge in [0.05, 0.1) is 12.8 Å². The van der Waals surface area contributed by atoms with E-state index in [0.29, 0.717) is 11.9 Å². The first-order valence-electron chi connectivity index (χ1n) is 9.54. The second-order valence-electron chi connectivity index (χ2n) is 7.36. The lowest BCUT2D eigenvalue weighted by Crippen LogP contribution is -2.22. The number of likely N-dealkylation sites (tertiary alicyclic amines) is 1. The second kappa shape index (κ2) is 7.57. The van der Waals surface area contributed by atoms with Gasteiger partial charge in [0, 0.05) is 18.2 Å². The van der Waals surface area contributed by atoms with Gasteiger partial charge in [-0.05, 0) is 62.6 Å². The predicted molar refractivity (Wildman–Crippen MR) is 107 cm³/mol. The zero-order valence-electron chi connectivity index (χ0n) is 16.2. The van der Waals surface area contributed by atoms with Crippen molar-refractivity contribution in [1.29, 1.82) is 0 Å². The van der Waals surface area contributed by atoms with Crippen molar-refractivity contribution in [3.63, 3.8) is 0 Å². The summed E-state index contributed by atoms with van der Waals surface area (Å²) in [6.45, 7) is 6.10. The van der Waals surface area contributed by atoms with Crippen LogP contribution in [0.15, 0.2) is 53.1 Å². The number of nitrogens with zero attached hydrogens (tertiary/aromatic N) is 2. The smallest absolute Gasteiger partial charge is 0.226 e. The van der Waals surface area contributed by atoms with Crippen molar-refractivity contribution >= 4 is 0 Å². The largest absolute Gasteiger partial charge is 0.497 e. The van der Waals surface area contributed by atoms with Gasteiger partial charge < -0.3 is 9.15 Å². The number of rotatable bonds is 5. The van der Waals surface area contributed by atoms with Gasteiger partial charge in [0.15, 0.2) is 0 Å². The topological polar surface area (TPSA) is 38.5 Å². The maximum atomic E-state index is 5.80. The Kier molecular flexibility index (Phi) is 4.99. The van der Waals surface area contributed by atoms with Crippen LogP contribution in [0.3, 0.4) is 0 Å². The molecule has 4 nitrogen and oxygen atoms in total. The number of oxazole rings is 1. The summed E-state index contributed by atoms with van der Waals surface area (Å²) in [5, 5.41) is 0. The number of aromatic nitrogens is 1. The first-order valence-corrected chi connectivity index (χ1v) is 9.54. The first-order chi connectivity index (χ1) is 13.1. The van der Waals surface area contributed by atoms with E-state index in [1.54, 1.807) is 13.4 Å². The van der Waals surface area contributed by atoms with Crippen LogP contribution in [-0.4, -0.2) is 23.5 Å². The predicted octanol–water partition coefficient (Wildman–Crippen LogP) is 5.30. The Balaban J connectivity index is 1.50. The molecule has 0 saturated carbocycles. The molecule has 0 unspecified atom stereocenters. The first kappa shape index (κ1) is 17.8. The number of hydrogen-bond acceptors (Lipinski definition) is 4. The quantitative estimate of drug-likeness (QED) is 0.617. The highest BCUT2D eigenvalue weighted by Gasteiger charge is 2.27. The van der Waals surface area contributed by atoms with Crippen LogP contribution in [0.1, 0.15) is 41.3 Å². The summed E-state index contributed by atoms with van der Waals surface area (Å²) in [5.41, 5.74) is 5.85. The van der Waals surface area contributed by atoms with E-state index in [1.807, 2.05) is 12.1 Å². The summed E-state index contributed by atoms with van der Waals surface area (Å²) < 4.78 is 11.1. The van der Waals surface area contributed by atoms with Crippen LogP contribution in [0.4, 0.5) is 0 Å². The highest BCUT2D eigenvalue weighted by Crippen LogP contribution is 2.34. The Bertz CT molecular complexity index is 914. The van der Waals surface area contributed by atoms with Gasteiger partial charge in [0.1, 0.15) is 12.0 Å². The zero-order valence-corrected chi connectivity index (χ0v) is 16.2. The molecule has 27 heavy (non-hydrogen) atoms. The second-order valence-corrected chi connectivity index (χ2v) is 7.36. The molecular weight excluding hydrogens is 336 g/mol. The molecule has 1 fully saturated rings. The van der Waals surface area contributed by atoms with Crippen LogP contribution < -0.4 is 4.74 Å². The van der Waals surface area contributed by atoms with E-state index < -0.39 is 0 Å². The van der Waals surface area contributed by atoms with Crippen LogP contribution in [0, 0.1) is 13.8 Å². The van der Waals surface area contributed by atoms with Crippen LogP contribution in [-0.2, 0) is 6.54 Å². The molecular formula is C23H26N2O2. The minimum atomic E-state index is 0.428. The lowest BCUT2D eigenvalue weighted by Gasteiger charge is -2.24. The average molecular weight is 362 g/mol. The van der Waals surface area contributed by atoms with Crippen molar-refractivity contribution in [2.24, 2.45) is 0 Å². The van der Waals surface area contributed by atoms with Gasteiger partial charge in [-0.3, -0.25) is 4.90 Å². The Hall–Kier alpha value is -2.59. The third-order valence-corrected chi connectivity index (χ3v) is 5.39. The number of hydrogen-bond donors (Lipinski definition) is 0. The van der Waals surface area contributed by atoms with E-state index in [-0.39, 0.29) is 0 Å². The van der Waals surface area contributed by atoms with Crippen molar-refractivity contribution in [3.8, 4) is 17.2 Å². The van der Waals surface area contributed by atoms with E-state index in [1.165, 1.54) is 29.5 Å². The molecule has 1 saturated heterocycles. The molecule has 1 aliphatic heterocycles. The molecule has 4 heteroatoms. The Labute approximate surface area is 160 Å². The summed E-state index contributed by atoms with van der Waals surface area (Å²) >= 11 is 0. The van der Waals surface area contributed by atoms with Crippen LogP contribution in [0.2, 0.25) is 0 Å². The van der Waals surface area contributed by atoms with Gasteiger partial charge in [-0.15, -0.1) is 0 Å². The fourth-order valence-electron chi connectivity index (χ4n) is 3.98. The molecule has 4 rings (SSSR count). The Morgan fingerprint density at radius 2 is 1.96 bits per heavy atom. The standard InChI is InChI=1S/C23H26N2O2/c1-16-6-11-21(17(2)13-16)23-24-19(15-27-23)14-25-12-4-5-22(25)18-7-9-20(26-3)10-8-18/h6-11,13,15,22H,4-5,12,14H2,1-3H3/t22-/m1/s1. The molecule has 1 aliphatic rings. The zero-order chi connectivity index (χ0) is 18.8. The highest BCUT2D eigenvalue weighted by atomic mass is 16.5. The summed E-state index contributed by atoms with van der Waals surface area (Å²) in [6.07, 6.45) is 4.19. The van der Waals surface area contributed by atoms with Gasteiger partial charge >= 0.3 is 0 Å². The van der Waals surface area contributed by atoms with Gasteiger partial charge in [-0.25, -0.2) is 4.98 Å². The average Bonchev–Trinajstić information content (AvgIpc) is 3.32. The SMILES string of the molecule is COc1ccc([C@H]2CCCN2Cc2coc(-c3ccc(C)cc3C)n2)cc1. The van der Waals surface area contributed by atoms with Gasteiger partial charge in [0.2, 0.25) is 5.89 Å². The van der Waals surface area contributed by atoms with Crippen molar-refractivity contribution < 1.29 is 9.15 Å². The number of aryl methyl sites for hydroxylation is 2. The molecule has 2 aromatic carbocycles. The summed E-state index contributed by atoms with van der Waals surface area (Å²) in [4.78, 5) is 7.25. The molecule has 0 amide bonds. The van der Waals surface area contributed by atoms with E-state index in [4.69, 9.17) is 14.1 Å². The Morgan fingerprint density at radius 1 is 1.15 bits per heavy atom. The molecule has 0 spiro atoms. The van der Waals surface area contributed by atoms with E-state index in [9.17, 15) is 0 Å². The monoisotopic (exact) mass is 362 g/mol. The van der Waals surface area contributed by atoms with Crippen molar-refractivity contribution in [2.75, 3.05) is 13.7 Å². The molecule has 140 valence electrons. The van der Waals surface area contributed by atoms with Crippen molar-refractivity contribution in [1.82, 2.24) is 9.88 Å². The number of ether oxygens (including phenoxy) is 1. The van der Waals surface area contributed by atoms with Gasteiger partial charge in [-0.2, -0.15) is 0 Å². The van der Waals surface area contributed by atoms with Crippen LogP contribution >= 0.6 is 0 Å². The van der Waals surface area contributed by atoms with E-state index in [2.05, 4.69) is 49.1 Å². The maximum absolute atomic E-state index is 5.80. The molecule has 1 aromatic heterocycles. The van der Waals surface area contributed by atoms with Gasteiger partial charge in [0.25, 0.3) is 0 Å². The molecule has 0 aliphatic carbocycles. The van der Waals surface area contributed by atoms with Crippen molar-refractivity contribution in [3.05, 3.63) is 71.1 Å². The molecule has 0 N–H and O–H groups in total. The minimum absolute atomic E-state index is 0.428. The molecule has 2 heterocycles. The Morgan fingerprint density at radius 3 is 2.70 bits per heavy atom. The maximum Gasteiger partial charge on any atom is 0.226 e. The molecule has 0 radical (unpaired) electrons. The summed E-state index contributed by atoms with van der Waals surface area (Å²) in [7, 11) is 1.70. The minimum Gasteiger partial charge on any atom is -0.497 e. The number of benzene rings is 2. The van der Waals surface area contributed by atoms with Crippen molar-refractivity contribution in [2.45, 2.75) is 39.3 Å². The van der Waals surface area contributed by atoms with Crippen LogP contribution in [0.25, 0.3) is 11.5 Å². The van der Waals surface area contributed by atoms with E-state index in [0.717, 1.165) is 30.1 Å². The third-order valence-electron chi connectivity index (χ3n) is 5.39. The lowest BCUT2D eigenvalue weighted by molar-refractivity contribution is 0.245. The molecule has 0 bridgehead atoms. The molecule has 1 atom stereocenters. The lowest BCUT2D eigenvalue weighted by atomic mass is 10.0.